The highest BCUT2D eigenvalue weighted by Gasteiger charge is 2.05. The summed E-state index contributed by atoms with van der Waals surface area (Å²) in [5.41, 5.74) is 0. The Labute approximate surface area is 88.3 Å². The SMILES string of the molecule is CC(Cl)CC(C)NCc1nccs1. The van der Waals surface area contributed by atoms with E-state index in [2.05, 4.69) is 17.2 Å². The van der Waals surface area contributed by atoms with Crippen LogP contribution in [0.25, 0.3) is 0 Å². The van der Waals surface area contributed by atoms with E-state index in [1.807, 2.05) is 18.5 Å². The number of thiazole rings is 1. The molecule has 2 unspecified atom stereocenters. The summed E-state index contributed by atoms with van der Waals surface area (Å²) < 4.78 is 0. The van der Waals surface area contributed by atoms with E-state index < -0.39 is 0 Å². The largest absolute Gasteiger partial charge is 0.308 e. The molecule has 2 nitrogen and oxygen atoms in total. The summed E-state index contributed by atoms with van der Waals surface area (Å²) in [6, 6.07) is 0.455. The molecule has 2 atom stereocenters. The van der Waals surface area contributed by atoms with Crippen LogP contribution in [0.2, 0.25) is 0 Å². The van der Waals surface area contributed by atoms with Crippen molar-refractivity contribution in [1.82, 2.24) is 10.3 Å². The van der Waals surface area contributed by atoms with Gasteiger partial charge in [-0.05, 0) is 20.3 Å². The van der Waals surface area contributed by atoms with Crippen LogP contribution in [0.1, 0.15) is 25.3 Å². The monoisotopic (exact) mass is 218 g/mol. The molecule has 0 fully saturated rings. The number of aromatic nitrogens is 1. The van der Waals surface area contributed by atoms with Gasteiger partial charge in [-0.15, -0.1) is 22.9 Å². The van der Waals surface area contributed by atoms with Crippen molar-refractivity contribution in [3.8, 4) is 0 Å². The Kier molecular flexibility index (Phi) is 4.70. The summed E-state index contributed by atoms with van der Waals surface area (Å²) in [6.07, 6.45) is 2.82. The van der Waals surface area contributed by atoms with Crippen LogP contribution >= 0.6 is 22.9 Å². The van der Waals surface area contributed by atoms with Crippen LogP contribution in [-0.2, 0) is 6.54 Å². The molecule has 0 amide bonds. The van der Waals surface area contributed by atoms with E-state index in [0.29, 0.717) is 6.04 Å². The summed E-state index contributed by atoms with van der Waals surface area (Å²) in [5.74, 6) is 0. The maximum absolute atomic E-state index is 5.88. The second-order valence-corrected chi connectivity index (χ2v) is 4.95. The van der Waals surface area contributed by atoms with Crippen LogP contribution in [0.15, 0.2) is 11.6 Å². The molecular formula is C9H15ClN2S. The molecule has 0 saturated heterocycles. The average molecular weight is 219 g/mol. The van der Waals surface area contributed by atoms with Crippen LogP contribution in [0, 0.1) is 0 Å². The van der Waals surface area contributed by atoms with Crippen molar-refractivity contribution >= 4 is 22.9 Å². The maximum atomic E-state index is 5.88. The molecule has 1 N–H and O–H groups in total. The lowest BCUT2D eigenvalue weighted by Crippen LogP contribution is -2.27. The topological polar surface area (TPSA) is 24.9 Å². The van der Waals surface area contributed by atoms with Gasteiger partial charge < -0.3 is 5.32 Å². The molecule has 0 aromatic carbocycles. The Morgan fingerprint density at radius 2 is 2.38 bits per heavy atom. The fraction of sp³-hybridized carbons (Fsp3) is 0.667. The van der Waals surface area contributed by atoms with Gasteiger partial charge in [0.1, 0.15) is 5.01 Å². The van der Waals surface area contributed by atoms with E-state index in [1.165, 1.54) is 0 Å². The summed E-state index contributed by atoms with van der Waals surface area (Å²) in [5, 5.41) is 6.74. The average Bonchev–Trinajstić information content (AvgIpc) is 2.51. The van der Waals surface area contributed by atoms with Crippen molar-refractivity contribution in [2.45, 2.75) is 38.2 Å². The molecule has 1 aromatic heterocycles. The molecule has 1 heterocycles. The van der Waals surface area contributed by atoms with Crippen molar-refractivity contribution in [1.29, 1.82) is 0 Å². The normalized spacial score (nSPS) is 15.6. The molecule has 0 aliphatic rings. The summed E-state index contributed by atoms with van der Waals surface area (Å²) in [4.78, 5) is 4.19. The Hall–Kier alpha value is -0.120. The molecule has 0 bridgehead atoms. The van der Waals surface area contributed by atoms with Gasteiger partial charge in [-0.25, -0.2) is 4.98 Å². The van der Waals surface area contributed by atoms with E-state index in [1.54, 1.807) is 11.3 Å². The molecule has 1 aromatic rings. The third-order valence-electron chi connectivity index (χ3n) is 1.76. The number of nitrogens with one attached hydrogen (secondary N) is 1. The second-order valence-electron chi connectivity index (χ2n) is 3.22. The lowest BCUT2D eigenvalue weighted by molar-refractivity contribution is 0.510. The van der Waals surface area contributed by atoms with E-state index in [-0.39, 0.29) is 5.38 Å². The van der Waals surface area contributed by atoms with Gasteiger partial charge in [0.05, 0.1) is 0 Å². The molecule has 4 heteroatoms. The molecule has 0 saturated carbocycles. The van der Waals surface area contributed by atoms with Gasteiger partial charge in [-0.3, -0.25) is 0 Å². The molecule has 13 heavy (non-hydrogen) atoms. The molecule has 0 aliphatic heterocycles. The molecular weight excluding hydrogens is 204 g/mol. The van der Waals surface area contributed by atoms with Crippen LogP contribution in [0.3, 0.4) is 0 Å². The van der Waals surface area contributed by atoms with Crippen molar-refractivity contribution in [2.24, 2.45) is 0 Å². The first-order valence-electron chi connectivity index (χ1n) is 4.44. The van der Waals surface area contributed by atoms with Crippen molar-refractivity contribution in [3.05, 3.63) is 16.6 Å². The summed E-state index contributed by atoms with van der Waals surface area (Å²) in [6.45, 7) is 5.01. The van der Waals surface area contributed by atoms with E-state index in [0.717, 1.165) is 18.0 Å². The minimum atomic E-state index is 0.235. The summed E-state index contributed by atoms with van der Waals surface area (Å²) >= 11 is 7.56. The van der Waals surface area contributed by atoms with Crippen molar-refractivity contribution in [3.63, 3.8) is 0 Å². The quantitative estimate of drug-likeness (QED) is 0.769. The Balaban J connectivity index is 2.19. The van der Waals surface area contributed by atoms with Gasteiger partial charge in [0.15, 0.2) is 0 Å². The van der Waals surface area contributed by atoms with Crippen molar-refractivity contribution in [2.75, 3.05) is 0 Å². The minimum absolute atomic E-state index is 0.235. The number of hydrogen-bond acceptors (Lipinski definition) is 3. The van der Waals surface area contributed by atoms with Gasteiger partial charge in [-0.1, -0.05) is 0 Å². The summed E-state index contributed by atoms with van der Waals surface area (Å²) in [7, 11) is 0. The zero-order valence-corrected chi connectivity index (χ0v) is 9.53. The fourth-order valence-corrected chi connectivity index (χ4v) is 2.01. The molecule has 0 aliphatic carbocycles. The third-order valence-corrected chi connectivity index (χ3v) is 2.72. The third kappa shape index (κ3) is 4.60. The van der Waals surface area contributed by atoms with Gasteiger partial charge in [-0.2, -0.15) is 0 Å². The van der Waals surface area contributed by atoms with Gasteiger partial charge >= 0.3 is 0 Å². The zero-order valence-electron chi connectivity index (χ0n) is 7.96. The lowest BCUT2D eigenvalue weighted by Gasteiger charge is -2.13. The van der Waals surface area contributed by atoms with Crippen LogP contribution in [0.5, 0.6) is 0 Å². The van der Waals surface area contributed by atoms with Crippen molar-refractivity contribution < 1.29 is 0 Å². The molecule has 1 rings (SSSR count). The highest BCUT2D eigenvalue weighted by atomic mass is 35.5. The molecule has 74 valence electrons. The van der Waals surface area contributed by atoms with Crippen LogP contribution < -0.4 is 5.32 Å². The lowest BCUT2D eigenvalue weighted by atomic mass is 10.2. The standard InChI is InChI=1S/C9H15ClN2S/c1-7(10)5-8(2)12-6-9-11-3-4-13-9/h3-4,7-8,12H,5-6H2,1-2H3. The van der Waals surface area contributed by atoms with Gasteiger partial charge in [0, 0.05) is 29.5 Å². The first kappa shape index (κ1) is 11.0. The van der Waals surface area contributed by atoms with E-state index in [9.17, 15) is 0 Å². The van der Waals surface area contributed by atoms with E-state index >= 15 is 0 Å². The fourth-order valence-electron chi connectivity index (χ4n) is 1.17. The van der Waals surface area contributed by atoms with Crippen LogP contribution in [0.4, 0.5) is 0 Å². The Bertz CT molecular complexity index is 224. The highest BCUT2D eigenvalue weighted by Crippen LogP contribution is 2.07. The minimum Gasteiger partial charge on any atom is -0.308 e. The van der Waals surface area contributed by atoms with E-state index in [4.69, 9.17) is 11.6 Å². The Morgan fingerprint density at radius 3 is 2.92 bits per heavy atom. The molecule has 0 radical (unpaired) electrons. The predicted octanol–water partition coefficient (Wildman–Crippen LogP) is 2.64. The smallest absolute Gasteiger partial charge is 0.106 e. The highest BCUT2D eigenvalue weighted by molar-refractivity contribution is 7.09. The van der Waals surface area contributed by atoms with Gasteiger partial charge in [0.25, 0.3) is 0 Å². The van der Waals surface area contributed by atoms with Crippen LogP contribution in [-0.4, -0.2) is 16.4 Å². The predicted molar refractivity (Wildman–Crippen MR) is 58.3 cm³/mol. The number of nitrogens with zero attached hydrogens (tertiary/aromatic N) is 1. The maximum Gasteiger partial charge on any atom is 0.106 e. The number of rotatable bonds is 5. The first-order valence-corrected chi connectivity index (χ1v) is 5.76. The first-order chi connectivity index (χ1) is 6.18. The second kappa shape index (κ2) is 5.58. The molecule has 0 spiro atoms. The number of hydrogen-bond donors (Lipinski definition) is 1. The Morgan fingerprint density at radius 1 is 1.62 bits per heavy atom. The number of alkyl halides is 1. The number of halogens is 1. The zero-order chi connectivity index (χ0) is 9.68. The van der Waals surface area contributed by atoms with Gasteiger partial charge in [0.2, 0.25) is 0 Å².